The normalized spacial score (nSPS) is 17.6. The predicted octanol–water partition coefficient (Wildman–Crippen LogP) is 3.99. The summed E-state index contributed by atoms with van der Waals surface area (Å²) in [5.41, 5.74) is 1.23. The standard InChI is InChI=1S/C27H30FN3O5S/c1-35-23-12-8-19(9-13-23)26(32)30(21-10-11-21)16-22-15-29-27(31(22)17-24-6-4-14-36-24)37(33,34)18-20-5-2-3-7-25(20)28/h2-3,5,7-9,12-13,15,21,24H,4,6,10-11,14,16-18H2,1H3. The summed E-state index contributed by atoms with van der Waals surface area (Å²) in [6.07, 6.45) is 4.85. The molecular weight excluding hydrogens is 497 g/mol. The molecule has 1 unspecified atom stereocenters. The number of benzene rings is 2. The van der Waals surface area contributed by atoms with Crippen LogP contribution in [0.5, 0.6) is 5.75 Å². The average molecular weight is 528 g/mol. The quantitative estimate of drug-likeness (QED) is 0.396. The number of imidazole rings is 1. The summed E-state index contributed by atoms with van der Waals surface area (Å²) in [5, 5.41) is -0.131. The van der Waals surface area contributed by atoms with Gasteiger partial charge in [0.2, 0.25) is 15.0 Å². The Balaban J connectivity index is 1.46. The van der Waals surface area contributed by atoms with Crippen LogP contribution in [0.25, 0.3) is 0 Å². The van der Waals surface area contributed by atoms with Gasteiger partial charge in [0.15, 0.2) is 0 Å². The molecule has 1 saturated carbocycles. The molecule has 1 saturated heterocycles. The van der Waals surface area contributed by atoms with E-state index >= 15 is 0 Å². The monoisotopic (exact) mass is 527 g/mol. The van der Waals surface area contributed by atoms with Crippen molar-refractivity contribution in [2.45, 2.75) is 61.8 Å². The maximum absolute atomic E-state index is 14.3. The number of carbonyl (C=O) groups excluding carboxylic acids is 1. The Hall–Kier alpha value is -3.24. The third-order valence-electron chi connectivity index (χ3n) is 6.81. The van der Waals surface area contributed by atoms with E-state index in [0.29, 0.717) is 30.2 Å². The highest BCUT2D eigenvalue weighted by atomic mass is 32.2. The highest BCUT2D eigenvalue weighted by molar-refractivity contribution is 7.90. The maximum Gasteiger partial charge on any atom is 0.254 e. The smallest absolute Gasteiger partial charge is 0.254 e. The molecule has 1 atom stereocenters. The first-order valence-corrected chi connectivity index (χ1v) is 14.1. The number of aromatic nitrogens is 2. The highest BCUT2D eigenvalue weighted by Crippen LogP contribution is 2.31. The Morgan fingerprint density at radius 1 is 1.16 bits per heavy atom. The van der Waals surface area contributed by atoms with Gasteiger partial charge in [-0.1, -0.05) is 18.2 Å². The minimum absolute atomic E-state index is 0.0825. The predicted molar refractivity (Wildman–Crippen MR) is 134 cm³/mol. The van der Waals surface area contributed by atoms with Crippen LogP contribution in [0, 0.1) is 5.82 Å². The first kappa shape index (κ1) is 25.4. The van der Waals surface area contributed by atoms with Gasteiger partial charge < -0.3 is 18.9 Å². The van der Waals surface area contributed by atoms with Crippen molar-refractivity contribution >= 4 is 15.7 Å². The average Bonchev–Trinajstić information content (AvgIpc) is 3.45. The van der Waals surface area contributed by atoms with Gasteiger partial charge in [-0.3, -0.25) is 4.79 Å². The van der Waals surface area contributed by atoms with Crippen molar-refractivity contribution in [1.82, 2.24) is 14.5 Å². The molecule has 0 spiro atoms. The highest BCUT2D eigenvalue weighted by Gasteiger charge is 2.35. The first-order valence-electron chi connectivity index (χ1n) is 12.4. The van der Waals surface area contributed by atoms with E-state index in [1.165, 1.54) is 24.4 Å². The van der Waals surface area contributed by atoms with Gasteiger partial charge in [-0.2, -0.15) is 0 Å². The Morgan fingerprint density at radius 3 is 2.57 bits per heavy atom. The van der Waals surface area contributed by atoms with Crippen LogP contribution in [-0.4, -0.2) is 54.6 Å². The number of methoxy groups -OCH3 is 1. The lowest BCUT2D eigenvalue weighted by Crippen LogP contribution is -2.34. The Bertz CT molecular complexity index is 1360. The maximum atomic E-state index is 14.3. The van der Waals surface area contributed by atoms with Gasteiger partial charge in [0.1, 0.15) is 11.6 Å². The van der Waals surface area contributed by atoms with Crippen molar-refractivity contribution in [2.24, 2.45) is 0 Å². The second kappa shape index (κ2) is 10.6. The fourth-order valence-electron chi connectivity index (χ4n) is 4.67. The van der Waals surface area contributed by atoms with Crippen LogP contribution in [0.4, 0.5) is 4.39 Å². The summed E-state index contributed by atoms with van der Waals surface area (Å²) >= 11 is 0. The fourth-order valence-corrected chi connectivity index (χ4v) is 6.18. The van der Waals surface area contributed by atoms with Gasteiger partial charge in [-0.15, -0.1) is 0 Å². The van der Waals surface area contributed by atoms with Crippen molar-refractivity contribution < 1.29 is 27.1 Å². The number of amides is 1. The van der Waals surface area contributed by atoms with Gasteiger partial charge in [0.05, 0.1) is 43.9 Å². The summed E-state index contributed by atoms with van der Waals surface area (Å²) in [6, 6.07) is 12.9. The summed E-state index contributed by atoms with van der Waals surface area (Å²) in [7, 11) is -2.40. The van der Waals surface area contributed by atoms with E-state index in [-0.39, 0.29) is 35.3 Å². The first-order chi connectivity index (χ1) is 17.9. The molecule has 1 amide bonds. The van der Waals surface area contributed by atoms with E-state index in [0.717, 1.165) is 25.7 Å². The van der Waals surface area contributed by atoms with Crippen LogP contribution >= 0.6 is 0 Å². The molecule has 2 aliphatic rings. The second-order valence-corrected chi connectivity index (χ2v) is 11.4. The number of hydrogen-bond acceptors (Lipinski definition) is 6. The molecule has 1 aliphatic heterocycles. The minimum atomic E-state index is -3.97. The van der Waals surface area contributed by atoms with Crippen LogP contribution in [0.1, 0.15) is 47.3 Å². The van der Waals surface area contributed by atoms with Crippen molar-refractivity contribution in [2.75, 3.05) is 13.7 Å². The van der Waals surface area contributed by atoms with Crippen LogP contribution in [0.15, 0.2) is 59.9 Å². The summed E-state index contributed by atoms with van der Waals surface area (Å²) in [4.78, 5) is 19.5. The zero-order chi connectivity index (χ0) is 26.0. The third kappa shape index (κ3) is 5.70. The minimum Gasteiger partial charge on any atom is -0.497 e. The van der Waals surface area contributed by atoms with Crippen molar-refractivity contribution in [1.29, 1.82) is 0 Å². The lowest BCUT2D eigenvalue weighted by Gasteiger charge is -2.24. The number of hydrogen-bond donors (Lipinski definition) is 0. The zero-order valence-electron chi connectivity index (χ0n) is 20.7. The van der Waals surface area contributed by atoms with Crippen LogP contribution in [0.2, 0.25) is 0 Å². The van der Waals surface area contributed by atoms with E-state index in [2.05, 4.69) is 4.98 Å². The van der Waals surface area contributed by atoms with Gasteiger partial charge in [-0.05, 0) is 56.0 Å². The summed E-state index contributed by atoms with van der Waals surface area (Å²) < 4.78 is 53.8. The Morgan fingerprint density at radius 2 is 1.92 bits per heavy atom. The van der Waals surface area contributed by atoms with E-state index in [1.54, 1.807) is 46.9 Å². The van der Waals surface area contributed by atoms with Gasteiger partial charge in [0, 0.05) is 23.8 Å². The molecule has 2 fully saturated rings. The number of nitrogens with zero attached hydrogens (tertiary/aromatic N) is 3. The number of rotatable bonds is 10. The lowest BCUT2D eigenvalue weighted by atomic mass is 10.2. The van der Waals surface area contributed by atoms with Crippen LogP contribution < -0.4 is 4.74 Å². The molecule has 8 nitrogen and oxygen atoms in total. The lowest BCUT2D eigenvalue weighted by molar-refractivity contribution is 0.0718. The molecule has 37 heavy (non-hydrogen) atoms. The molecule has 3 aromatic rings. The van der Waals surface area contributed by atoms with Gasteiger partial charge in [-0.25, -0.2) is 17.8 Å². The van der Waals surface area contributed by atoms with E-state index < -0.39 is 21.4 Å². The topological polar surface area (TPSA) is 90.7 Å². The largest absolute Gasteiger partial charge is 0.497 e. The molecule has 0 N–H and O–H groups in total. The van der Waals surface area contributed by atoms with Crippen molar-refractivity contribution in [3.8, 4) is 5.75 Å². The van der Waals surface area contributed by atoms with Crippen molar-refractivity contribution in [3.05, 3.63) is 77.4 Å². The SMILES string of the molecule is COc1ccc(C(=O)N(Cc2cnc(S(=O)(=O)Cc3ccccc3F)n2CC2CCCO2)C2CC2)cc1. The van der Waals surface area contributed by atoms with Crippen LogP contribution in [0.3, 0.4) is 0 Å². The molecule has 1 aliphatic carbocycles. The molecule has 196 valence electrons. The van der Waals surface area contributed by atoms with Crippen LogP contribution in [-0.2, 0) is 33.4 Å². The molecule has 0 bridgehead atoms. The zero-order valence-corrected chi connectivity index (χ0v) is 21.5. The van der Waals surface area contributed by atoms with E-state index in [4.69, 9.17) is 9.47 Å². The molecule has 0 radical (unpaired) electrons. The third-order valence-corrected chi connectivity index (χ3v) is 8.38. The van der Waals surface area contributed by atoms with Gasteiger partial charge in [0.25, 0.3) is 5.91 Å². The number of ether oxygens (including phenoxy) is 2. The number of sulfone groups is 1. The Kier molecular flexibility index (Phi) is 7.30. The Labute approximate surface area is 215 Å². The number of carbonyl (C=O) groups is 1. The molecule has 5 rings (SSSR count). The molecule has 2 heterocycles. The summed E-state index contributed by atoms with van der Waals surface area (Å²) in [5.74, 6) is -0.549. The fraction of sp³-hybridized carbons (Fsp3) is 0.407. The van der Waals surface area contributed by atoms with E-state index in [1.807, 2.05) is 0 Å². The van der Waals surface area contributed by atoms with Crippen molar-refractivity contribution in [3.63, 3.8) is 0 Å². The molecule has 1 aromatic heterocycles. The molecule has 10 heteroatoms. The summed E-state index contributed by atoms with van der Waals surface area (Å²) in [6.45, 7) is 1.14. The number of halogens is 1. The molecule has 2 aromatic carbocycles. The van der Waals surface area contributed by atoms with E-state index in [9.17, 15) is 17.6 Å². The molecular formula is C27H30FN3O5S. The second-order valence-electron chi connectivity index (χ2n) is 9.52. The van der Waals surface area contributed by atoms with Gasteiger partial charge >= 0.3 is 0 Å².